The lowest BCUT2D eigenvalue weighted by Crippen LogP contribution is -2.30. The van der Waals surface area contributed by atoms with Crippen LogP contribution < -0.4 is 14.8 Å². The Balaban J connectivity index is 1.47. The van der Waals surface area contributed by atoms with Gasteiger partial charge in [0.2, 0.25) is 0 Å². The zero-order chi connectivity index (χ0) is 26.8. The second-order valence-electron chi connectivity index (χ2n) is 9.73. The molecule has 0 bridgehead atoms. The summed E-state index contributed by atoms with van der Waals surface area (Å²) in [5, 5.41) is 2.84. The minimum Gasteiger partial charge on any atom is -0.490 e. The minimum atomic E-state index is -0.511. The summed E-state index contributed by atoms with van der Waals surface area (Å²) < 4.78 is 18.6. The average molecular weight is 580 g/mol. The summed E-state index contributed by atoms with van der Waals surface area (Å²) in [6, 6.07) is 11.2. The van der Waals surface area contributed by atoms with E-state index in [1.54, 1.807) is 0 Å². The predicted octanol–water partition coefficient (Wildman–Crippen LogP) is 6.30. The second kappa shape index (κ2) is 11.2. The van der Waals surface area contributed by atoms with Crippen molar-refractivity contribution in [3.05, 3.63) is 74.7 Å². The van der Waals surface area contributed by atoms with Crippen LogP contribution in [0.1, 0.15) is 62.5 Å². The van der Waals surface area contributed by atoms with Crippen molar-refractivity contribution in [3.8, 4) is 11.5 Å². The molecule has 0 saturated heterocycles. The number of carbonyl (C=O) groups is 3. The van der Waals surface area contributed by atoms with Crippen LogP contribution in [0.15, 0.2) is 63.5 Å². The monoisotopic (exact) mass is 579 g/mol. The van der Waals surface area contributed by atoms with E-state index in [1.165, 1.54) is 0 Å². The van der Waals surface area contributed by atoms with E-state index in [-0.39, 0.29) is 24.1 Å². The predicted molar refractivity (Wildman–Crippen MR) is 146 cm³/mol. The summed E-state index contributed by atoms with van der Waals surface area (Å²) >= 11 is 3.60. The Bertz CT molecular complexity index is 1330. The first kappa shape index (κ1) is 26.2. The molecule has 1 N–H and O–H groups in total. The summed E-state index contributed by atoms with van der Waals surface area (Å²) in [6.45, 7) is 3.97. The number of allylic oxidation sites excluding steroid dienone is 4. The number of nitrogens with one attached hydrogen (secondary N) is 1. The topological polar surface area (TPSA) is 90.9 Å². The minimum absolute atomic E-state index is 0.0170. The van der Waals surface area contributed by atoms with Gasteiger partial charge in [-0.05, 0) is 78.0 Å². The fourth-order valence-electron chi connectivity index (χ4n) is 5.37. The molecule has 198 valence electrons. The van der Waals surface area contributed by atoms with Gasteiger partial charge in [-0.25, -0.2) is 0 Å². The summed E-state index contributed by atoms with van der Waals surface area (Å²) in [4.78, 5) is 38.8. The number of amides is 1. The van der Waals surface area contributed by atoms with Crippen LogP contribution in [0.5, 0.6) is 11.5 Å². The van der Waals surface area contributed by atoms with Crippen LogP contribution in [0, 0.1) is 6.92 Å². The van der Waals surface area contributed by atoms with Gasteiger partial charge >= 0.3 is 0 Å². The molecule has 3 aliphatic rings. The highest BCUT2D eigenvalue weighted by molar-refractivity contribution is 9.10. The van der Waals surface area contributed by atoms with Crippen molar-refractivity contribution in [1.29, 1.82) is 0 Å². The molecular formula is C30H30BrNO6. The summed E-state index contributed by atoms with van der Waals surface area (Å²) in [6.07, 6.45) is 3.72. The van der Waals surface area contributed by atoms with Crippen molar-refractivity contribution in [3.63, 3.8) is 0 Å². The molecule has 0 radical (unpaired) electrons. The SMILES string of the molecule is CCOc1cc(C2C3=C(CCCC3=O)OC3=C2C(=O)CCC3)cc(Br)c1OCC(=O)Nc1cccc(C)c1. The van der Waals surface area contributed by atoms with Crippen molar-refractivity contribution in [2.24, 2.45) is 0 Å². The van der Waals surface area contributed by atoms with E-state index in [4.69, 9.17) is 14.2 Å². The first-order valence-corrected chi connectivity index (χ1v) is 13.8. The molecule has 0 atom stereocenters. The number of ether oxygens (including phenoxy) is 3. The number of ketones is 2. The molecule has 0 aromatic heterocycles. The first-order chi connectivity index (χ1) is 18.4. The van der Waals surface area contributed by atoms with E-state index in [1.807, 2.05) is 50.2 Å². The number of benzene rings is 2. The lowest BCUT2D eigenvalue weighted by atomic mass is 9.73. The molecule has 0 fully saturated rings. The molecule has 0 unspecified atom stereocenters. The largest absolute Gasteiger partial charge is 0.490 e. The third-order valence-corrected chi connectivity index (χ3v) is 7.54. The number of Topliss-reactive ketones (excluding diaryl/α,β-unsaturated/α-hetero) is 2. The number of hydrogen-bond acceptors (Lipinski definition) is 6. The van der Waals surface area contributed by atoms with Crippen molar-refractivity contribution in [2.75, 3.05) is 18.5 Å². The van der Waals surface area contributed by atoms with Gasteiger partial charge in [-0.2, -0.15) is 0 Å². The highest BCUT2D eigenvalue weighted by Gasteiger charge is 2.42. The van der Waals surface area contributed by atoms with Gasteiger partial charge < -0.3 is 19.5 Å². The maximum atomic E-state index is 13.1. The van der Waals surface area contributed by atoms with Crippen molar-refractivity contribution >= 4 is 39.1 Å². The van der Waals surface area contributed by atoms with Crippen molar-refractivity contribution in [2.45, 2.75) is 58.3 Å². The standard InChI is InChI=1S/C30H30BrNO6/c1-3-36-25-15-18(14-20(31)30(25)37-16-26(35)32-19-8-4-7-17(2)13-19)27-28-21(33)9-5-11-23(28)38-24-12-6-10-22(34)29(24)27/h4,7-8,13-15,27H,3,5-6,9-12,16H2,1-2H3,(H,32,35). The zero-order valence-electron chi connectivity index (χ0n) is 21.5. The van der Waals surface area contributed by atoms with E-state index < -0.39 is 5.92 Å². The van der Waals surface area contributed by atoms with Gasteiger partial charge in [-0.3, -0.25) is 14.4 Å². The molecule has 2 aromatic rings. The molecule has 8 heteroatoms. The average Bonchev–Trinajstić information content (AvgIpc) is 2.87. The van der Waals surface area contributed by atoms with Crippen LogP contribution in [0.3, 0.4) is 0 Å². The Morgan fingerprint density at radius 1 is 1.00 bits per heavy atom. The summed E-state index contributed by atoms with van der Waals surface area (Å²) in [5.74, 6) is 1.40. The van der Waals surface area contributed by atoms with Crippen LogP contribution in [0.4, 0.5) is 5.69 Å². The number of anilines is 1. The molecule has 0 saturated carbocycles. The Morgan fingerprint density at radius 3 is 2.32 bits per heavy atom. The van der Waals surface area contributed by atoms with E-state index in [0.29, 0.717) is 76.6 Å². The molecule has 38 heavy (non-hydrogen) atoms. The van der Waals surface area contributed by atoms with E-state index in [9.17, 15) is 14.4 Å². The molecule has 2 aromatic carbocycles. The lowest BCUT2D eigenvalue weighted by Gasteiger charge is -2.36. The van der Waals surface area contributed by atoms with Gasteiger partial charge in [0.25, 0.3) is 5.91 Å². The van der Waals surface area contributed by atoms with Gasteiger partial charge in [-0.1, -0.05) is 12.1 Å². The lowest BCUT2D eigenvalue weighted by molar-refractivity contribution is -0.119. The molecule has 1 amide bonds. The number of aryl methyl sites for hydroxylation is 1. The van der Waals surface area contributed by atoms with E-state index in [2.05, 4.69) is 21.2 Å². The highest BCUT2D eigenvalue weighted by Crippen LogP contribution is 2.50. The number of carbonyl (C=O) groups excluding carboxylic acids is 3. The smallest absolute Gasteiger partial charge is 0.262 e. The Hall–Kier alpha value is -3.39. The van der Waals surface area contributed by atoms with Gasteiger partial charge in [0, 0.05) is 48.4 Å². The molecule has 1 aliphatic heterocycles. The Kier molecular flexibility index (Phi) is 7.70. The highest BCUT2D eigenvalue weighted by atomic mass is 79.9. The molecule has 0 spiro atoms. The number of halogens is 1. The van der Waals surface area contributed by atoms with Crippen LogP contribution in [0.2, 0.25) is 0 Å². The van der Waals surface area contributed by atoms with Crippen molar-refractivity contribution < 1.29 is 28.6 Å². The fourth-order valence-corrected chi connectivity index (χ4v) is 5.94. The maximum absolute atomic E-state index is 13.1. The molecule has 2 aliphatic carbocycles. The molecule has 7 nitrogen and oxygen atoms in total. The van der Waals surface area contributed by atoms with Crippen LogP contribution in [-0.4, -0.2) is 30.7 Å². The number of hydrogen-bond donors (Lipinski definition) is 1. The Labute approximate surface area is 230 Å². The van der Waals surface area contributed by atoms with E-state index >= 15 is 0 Å². The zero-order valence-corrected chi connectivity index (χ0v) is 23.1. The van der Waals surface area contributed by atoms with Gasteiger partial charge in [-0.15, -0.1) is 0 Å². The first-order valence-electron chi connectivity index (χ1n) is 13.0. The van der Waals surface area contributed by atoms with Gasteiger partial charge in [0.05, 0.1) is 11.1 Å². The molecule has 5 rings (SSSR count). The van der Waals surface area contributed by atoms with Crippen LogP contribution >= 0.6 is 15.9 Å². The molecular weight excluding hydrogens is 550 g/mol. The molecule has 1 heterocycles. The van der Waals surface area contributed by atoms with E-state index in [0.717, 1.165) is 24.0 Å². The van der Waals surface area contributed by atoms with Crippen LogP contribution in [0.25, 0.3) is 0 Å². The van der Waals surface area contributed by atoms with Gasteiger partial charge in [0.15, 0.2) is 29.7 Å². The summed E-state index contributed by atoms with van der Waals surface area (Å²) in [5.41, 5.74) is 3.64. The normalized spacial score (nSPS) is 17.6. The third-order valence-electron chi connectivity index (χ3n) is 6.96. The maximum Gasteiger partial charge on any atom is 0.262 e. The fraction of sp³-hybridized carbons (Fsp3) is 0.367. The van der Waals surface area contributed by atoms with Crippen LogP contribution in [-0.2, 0) is 19.1 Å². The number of rotatable bonds is 7. The third kappa shape index (κ3) is 5.27. The van der Waals surface area contributed by atoms with Gasteiger partial charge in [0.1, 0.15) is 11.5 Å². The van der Waals surface area contributed by atoms with Crippen molar-refractivity contribution in [1.82, 2.24) is 0 Å². The second-order valence-corrected chi connectivity index (χ2v) is 10.6. The quantitative estimate of drug-likeness (QED) is 0.414. The Morgan fingerprint density at radius 2 is 1.68 bits per heavy atom. The summed E-state index contributed by atoms with van der Waals surface area (Å²) in [7, 11) is 0.